The van der Waals surface area contributed by atoms with Crippen molar-refractivity contribution >= 4 is 17.7 Å². The number of hydrogen-bond acceptors (Lipinski definition) is 6. The molecule has 1 aromatic carbocycles. The summed E-state index contributed by atoms with van der Waals surface area (Å²) in [5.41, 5.74) is 1.57. The maximum atomic E-state index is 11.8. The van der Waals surface area contributed by atoms with Crippen molar-refractivity contribution in [2.45, 2.75) is 64.8 Å². The lowest BCUT2D eigenvalue weighted by molar-refractivity contribution is -0.159. The molecule has 0 N–H and O–H groups in total. The first-order valence-electron chi connectivity index (χ1n) is 10.1. The molecule has 3 aliphatic carbocycles. The van der Waals surface area contributed by atoms with E-state index in [0.717, 1.165) is 30.5 Å². The summed E-state index contributed by atoms with van der Waals surface area (Å²) in [5, 5.41) is 4.51. The summed E-state index contributed by atoms with van der Waals surface area (Å²) in [6.45, 7) is 3.11. The van der Waals surface area contributed by atoms with Crippen molar-refractivity contribution < 1.29 is 23.9 Å². The largest absolute Gasteiger partial charge is 0.458 e. The number of carbonyl (C=O) groups excluding carboxylic acids is 2. The van der Waals surface area contributed by atoms with Gasteiger partial charge in [0.1, 0.15) is 18.4 Å². The highest BCUT2D eigenvalue weighted by Gasteiger charge is 2.63. The van der Waals surface area contributed by atoms with Crippen LogP contribution in [0.5, 0.6) is 0 Å². The zero-order chi connectivity index (χ0) is 19.7. The molecule has 28 heavy (non-hydrogen) atoms. The summed E-state index contributed by atoms with van der Waals surface area (Å²) in [6.07, 6.45) is 4.02. The van der Waals surface area contributed by atoms with Gasteiger partial charge in [-0.25, -0.2) is 0 Å². The standard InChI is InChI=1S/C22H27NO5/c1-14(24)27-19-12-22(11-17-8-9-18(22)10-17)21(20(19)28-15(2)25)23-26-13-16-6-4-3-5-7-16/h3-7,17-20H,8-13H2,1-2H3. The predicted octanol–water partition coefficient (Wildman–Crippen LogP) is 3.63. The van der Waals surface area contributed by atoms with Gasteiger partial charge in [-0.15, -0.1) is 0 Å². The van der Waals surface area contributed by atoms with Crippen LogP contribution in [-0.2, 0) is 30.5 Å². The molecule has 3 aliphatic rings. The Morgan fingerprint density at radius 3 is 2.43 bits per heavy atom. The van der Waals surface area contributed by atoms with Crippen LogP contribution in [-0.4, -0.2) is 29.9 Å². The van der Waals surface area contributed by atoms with Gasteiger partial charge in [0, 0.05) is 19.3 Å². The number of nitrogens with zero attached hydrogens (tertiary/aromatic N) is 1. The smallest absolute Gasteiger partial charge is 0.303 e. The summed E-state index contributed by atoms with van der Waals surface area (Å²) in [5.74, 6) is 0.374. The Balaban J connectivity index is 1.63. The average molecular weight is 385 g/mol. The monoisotopic (exact) mass is 385 g/mol. The van der Waals surface area contributed by atoms with Crippen LogP contribution >= 0.6 is 0 Å². The number of rotatable bonds is 5. The van der Waals surface area contributed by atoms with E-state index in [0.29, 0.717) is 24.9 Å². The molecule has 5 unspecified atom stereocenters. The second kappa shape index (κ2) is 7.57. The van der Waals surface area contributed by atoms with E-state index in [2.05, 4.69) is 5.16 Å². The lowest BCUT2D eigenvalue weighted by Crippen LogP contribution is -2.39. The molecule has 0 aliphatic heterocycles. The van der Waals surface area contributed by atoms with E-state index in [1.165, 1.54) is 20.3 Å². The topological polar surface area (TPSA) is 74.2 Å². The van der Waals surface area contributed by atoms with Gasteiger partial charge < -0.3 is 14.3 Å². The van der Waals surface area contributed by atoms with Crippen molar-refractivity contribution in [3.8, 4) is 0 Å². The maximum Gasteiger partial charge on any atom is 0.303 e. The number of benzene rings is 1. The van der Waals surface area contributed by atoms with Crippen molar-refractivity contribution in [2.24, 2.45) is 22.4 Å². The van der Waals surface area contributed by atoms with Crippen molar-refractivity contribution in [3.63, 3.8) is 0 Å². The van der Waals surface area contributed by atoms with Gasteiger partial charge in [0.15, 0.2) is 6.10 Å². The summed E-state index contributed by atoms with van der Waals surface area (Å²) < 4.78 is 11.2. The third kappa shape index (κ3) is 3.52. The molecule has 4 rings (SSSR count). The number of esters is 2. The molecule has 2 bridgehead atoms. The third-order valence-electron chi connectivity index (χ3n) is 6.51. The fourth-order valence-electron chi connectivity index (χ4n) is 5.56. The summed E-state index contributed by atoms with van der Waals surface area (Å²) in [4.78, 5) is 29.2. The maximum absolute atomic E-state index is 11.8. The average Bonchev–Trinajstić information content (AvgIpc) is 3.31. The Bertz CT molecular complexity index is 776. The van der Waals surface area contributed by atoms with E-state index in [1.54, 1.807) is 0 Å². The molecule has 0 radical (unpaired) electrons. The first-order chi connectivity index (χ1) is 13.5. The van der Waals surface area contributed by atoms with Crippen molar-refractivity contribution in [1.29, 1.82) is 0 Å². The highest BCUT2D eigenvalue weighted by Crippen LogP contribution is 2.62. The van der Waals surface area contributed by atoms with Crippen LogP contribution in [0.1, 0.15) is 51.5 Å². The molecule has 1 aromatic rings. The Morgan fingerprint density at radius 2 is 1.82 bits per heavy atom. The lowest BCUT2D eigenvalue weighted by atomic mass is 9.70. The molecule has 6 heteroatoms. The zero-order valence-electron chi connectivity index (χ0n) is 16.4. The molecule has 3 fully saturated rings. The van der Waals surface area contributed by atoms with Crippen molar-refractivity contribution in [2.75, 3.05) is 0 Å². The molecule has 5 atom stereocenters. The minimum atomic E-state index is -0.670. The van der Waals surface area contributed by atoms with Gasteiger partial charge in [-0.2, -0.15) is 0 Å². The summed E-state index contributed by atoms with van der Waals surface area (Å²) in [6, 6.07) is 9.83. The Morgan fingerprint density at radius 1 is 1.07 bits per heavy atom. The molecule has 0 aromatic heterocycles. The Labute approximate surface area is 165 Å². The fourth-order valence-corrected chi connectivity index (χ4v) is 5.56. The third-order valence-corrected chi connectivity index (χ3v) is 6.51. The number of carbonyl (C=O) groups is 2. The normalized spacial score (nSPS) is 34.7. The molecular formula is C22H27NO5. The number of fused-ring (bicyclic) bond motifs is 3. The molecule has 0 amide bonds. The predicted molar refractivity (Wildman–Crippen MR) is 102 cm³/mol. The van der Waals surface area contributed by atoms with Crippen LogP contribution in [0, 0.1) is 17.3 Å². The first kappa shape index (κ1) is 19.0. The van der Waals surface area contributed by atoms with Crippen molar-refractivity contribution in [1.82, 2.24) is 0 Å². The molecule has 0 saturated heterocycles. The van der Waals surface area contributed by atoms with Crippen LogP contribution in [0.3, 0.4) is 0 Å². The van der Waals surface area contributed by atoms with Crippen LogP contribution in [0.15, 0.2) is 35.5 Å². The molecule has 0 heterocycles. The number of hydrogen-bond donors (Lipinski definition) is 0. The molecule has 150 valence electrons. The first-order valence-corrected chi connectivity index (χ1v) is 10.1. The van der Waals surface area contributed by atoms with Crippen LogP contribution in [0.2, 0.25) is 0 Å². The second-order valence-corrected chi connectivity index (χ2v) is 8.35. The van der Waals surface area contributed by atoms with E-state index in [4.69, 9.17) is 14.3 Å². The number of ether oxygens (including phenoxy) is 2. The van der Waals surface area contributed by atoms with E-state index in [-0.39, 0.29) is 11.4 Å². The van der Waals surface area contributed by atoms with Crippen molar-refractivity contribution in [3.05, 3.63) is 35.9 Å². The summed E-state index contributed by atoms with van der Waals surface area (Å²) >= 11 is 0. The highest BCUT2D eigenvalue weighted by atomic mass is 16.6. The van der Waals surface area contributed by atoms with E-state index >= 15 is 0 Å². The van der Waals surface area contributed by atoms with Gasteiger partial charge in [0.25, 0.3) is 0 Å². The highest BCUT2D eigenvalue weighted by molar-refractivity contribution is 5.98. The molecule has 3 saturated carbocycles. The van der Waals surface area contributed by atoms with Crippen LogP contribution in [0.25, 0.3) is 0 Å². The van der Waals surface area contributed by atoms with Gasteiger partial charge in [0.05, 0.1) is 0 Å². The Kier molecular flexibility index (Phi) is 5.13. The minimum Gasteiger partial charge on any atom is -0.458 e. The van der Waals surface area contributed by atoms with Crippen LogP contribution in [0.4, 0.5) is 0 Å². The second-order valence-electron chi connectivity index (χ2n) is 8.35. The fraction of sp³-hybridized carbons (Fsp3) is 0.591. The van der Waals surface area contributed by atoms with Gasteiger partial charge in [0.2, 0.25) is 0 Å². The number of oxime groups is 1. The molecule has 1 spiro atoms. The van der Waals surface area contributed by atoms with Gasteiger partial charge in [-0.1, -0.05) is 41.9 Å². The van der Waals surface area contributed by atoms with E-state index in [9.17, 15) is 9.59 Å². The quantitative estimate of drug-likeness (QED) is 0.571. The summed E-state index contributed by atoms with van der Waals surface area (Å²) in [7, 11) is 0. The van der Waals surface area contributed by atoms with Gasteiger partial charge in [-0.05, 0) is 43.1 Å². The van der Waals surface area contributed by atoms with Gasteiger partial charge >= 0.3 is 11.9 Å². The van der Waals surface area contributed by atoms with Gasteiger partial charge in [-0.3, -0.25) is 9.59 Å². The molecular weight excluding hydrogens is 358 g/mol. The zero-order valence-corrected chi connectivity index (χ0v) is 16.4. The van der Waals surface area contributed by atoms with E-state index in [1.807, 2.05) is 30.3 Å². The SMILES string of the molecule is CC(=O)OC1CC2(CC3CCC2C3)C(=NOCc2ccccc2)C1OC(C)=O. The minimum absolute atomic E-state index is 0.195. The molecule has 6 nitrogen and oxygen atoms in total. The Hall–Kier alpha value is -2.37. The van der Waals surface area contributed by atoms with E-state index < -0.39 is 18.2 Å². The van der Waals surface area contributed by atoms with Crippen LogP contribution < -0.4 is 0 Å². The lowest BCUT2D eigenvalue weighted by Gasteiger charge is -2.34.